The van der Waals surface area contributed by atoms with Crippen LogP contribution in [-0.4, -0.2) is 35.3 Å². The van der Waals surface area contributed by atoms with Gasteiger partial charge in [0.25, 0.3) is 11.8 Å². The second-order valence-corrected chi connectivity index (χ2v) is 7.97. The predicted molar refractivity (Wildman–Crippen MR) is 66.1 cm³/mol. The van der Waals surface area contributed by atoms with Gasteiger partial charge in [0.15, 0.2) is 0 Å². The second kappa shape index (κ2) is 4.28. The van der Waals surface area contributed by atoms with Gasteiger partial charge in [0.05, 0.1) is 23.0 Å². The maximum atomic E-state index is 11.9. The predicted octanol–water partition coefficient (Wildman–Crippen LogP) is 2.43. The van der Waals surface area contributed by atoms with Crippen molar-refractivity contribution in [3.63, 3.8) is 0 Å². The van der Waals surface area contributed by atoms with E-state index in [9.17, 15) is 14.2 Å². The first-order valence-corrected chi connectivity index (χ1v) is 8.09. The van der Waals surface area contributed by atoms with Crippen LogP contribution in [0.3, 0.4) is 0 Å². The van der Waals surface area contributed by atoms with Crippen LogP contribution in [0.4, 0.5) is 0 Å². The van der Waals surface area contributed by atoms with Crippen molar-refractivity contribution in [3.05, 3.63) is 35.4 Å². The Balaban J connectivity index is 2.34. The zero-order valence-corrected chi connectivity index (χ0v) is 10.9. The van der Waals surface area contributed by atoms with Gasteiger partial charge in [0.2, 0.25) is 0 Å². The molecule has 0 bridgehead atoms. The van der Waals surface area contributed by atoms with Gasteiger partial charge < -0.3 is 4.57 Å². The van der Waals surface area contributed by atoms with Crippen molar-refractivity contribution in [2.45, 2.75) is 0 Å². The number of hydrogen-bond acceptors (Lipinski definition) is 3. The molecule has 0 N–H and O–H groups in total. The Bertz CT molecular complexity index is 508. The molecule has 2 rings (SSSR count). The standard InChI is InChI=1S/C11H11ClNO3P/c1-17(16,6-12)7-13-10(14)8-4-2-3-5-9(8)11(13)15/h2-5H,6-7H2,1H3. The van der Waals surface area contributed by atoms with Gasteiger partial charge >= 0.3 is 0 Å². The second-order valence-electron chi connectivity index (χ2n) is 4.14. The van der Waals surface area contributed by atoms with Crippen LogP contribution in [0.15, 0.2) is 24.3 Å². The molecule has 4 nitrogen and oxygen atoms in total. The van der Waals surface area contributed by atoms with Crippen LogP contribution in [0, 0.1) is 0 Å². The highest BCUT2D eigenvalue weighted by Gasteiger charge is 2.37. The number of nitrogens with zero attached hydrogens (tertiary/aromatic N) is 1. The zero-order valence-electron chi connectivity index (χ0n) is 9.22. The van der Waals surface area contributed by atoms with E-state index in [4.69, 9.17) is 11.6 Å². The molecule has 0 fully saturated rings. The van der Waals surface area contributed by atoms with Crippen LogP contribution in [0.5, 0.6) is 0 Å². The largest absolute Gasteiger partial charge is 0.321 e. The minimum absolute atomic E-state index is 0.0413. The van der Waals surface area contributed by atoms with Gasteiger partial charge in [-0.3, -0.25) is 14.5 Å². The molecule has 0 spiro atoms. The molecule has 1 aromatic rings. The lowest BCUT2D eigenvalue weighted by atomic mass is 10.1. The van der Waals surface area contributed by atoms with E-state index in [2.05, 4.69) is 0 Å². The summed E-state index contributed by atoms with van der Waals surface area (Å²) in [5, 5.41) is 0. The number of imide groups is 1. The molecule has 0 saturated heterocycles. The lowest BCUT2D eigenvalue weighted by Gasteiger charge is -2.17. The molecule has 1 aliphatic heterocycles. The first kappa shape index (κ1) is 12.3. The molecule has 1 heterocycles. The number of alkyl halides is 1. The fourth-order valence-corrected chi connectivity index (χ4v) is 2.86. The van der Waals surface area contributed by atoms with Gasteiger partial charge in [-0.05, 0) is 18.8 Å². The van der Waals surface area contributed by atoms with Gasteiger partial charge in [-0.1, -0.05) is 12.1 Å². The van der Waals surface area contributed by atoms with Crippen molar-refractivity contribution in [2.24, 2.45) is 0 Å². The van der Waals surface area contributed by atoms with E-state index in [0.29, 0.717) is 11.1 Å². The van der Waals surface area contributed by atoms with E-state index in [-0.39, 0.29) is 11.9 Å². The first-order chi connectivity index (χ1) is 7.96. The van der Waals surface area contributed by atoms with Crippen molar-refractivity contribution in [3.8, 4) is 0 Å². The molecule has 6 heteroatoms. The Morgan fingerprint density at radius 3 is 2.06 bits per heavy atom. The van der Waals surface area contributed by atoms with E-state index < -0.39 is 19.0 Å². The minimum atomic E-state index is -2.68. The average molecular weight is 272 g/mol. The molecular formula is C11H11ClNO3P. The molecule has 0 aromatic heterocycles. The van der Waals surface area contributed by atoms with Crippen molar-refractivity contribution in [1.82, 2.24) is 4.90 Å². The molecule has 1 unspecified atom stereocenters. The Morgan fingerprint density at radius 1 is 1.18 bits per heavy atom. The maximum Gasteiger partial charge on any atom is 0.261 e. The Hall–Kier alpha value is -1.12. The van der Waals surface area contributed by atoms with Gasteiger partial charge in [-0.2, -0.15) is 0 Å². The third-order valence-corrected chi connectivity index (χ3v) is 5.48. The molecule has 0 radical (unpaired) electrons. The van der Waals surface area contributed by atoms with Gasteiger partial charge in [0.1, 0.15) is 7.14 Å². The Morgan fingerprint density at radius 2 is 1.65 bits per heavy atom. The highest BCUT2D eigenvalue weighted by Crippen LogP contribution is 2.44. The summed E-state index contributed by atoms with van der Waals surface area (Å²) in [4.78, 5) is 24.9. The summed E-state index contributed by atoms with van der Waals surface area (Å²) < 4.78 is 11.9. The fourth-order valence-electron chi connectivity index (χ4n) is 1.70. The number of carbonyl (C=O) groups excluding carboxylic acids is 2. The number of carbonyl (C=O) groups is 2. The number of rotatable bonds is 3. The normalized spacial score (nSPS) is 18.1. The number of amides is 2. The highest BCUT2D eigenvalue weighted by molar-refractivity contribution is 7.64. The Labute approximate surface area is 104 Å². The molecular weight excluding hydrogens is 261 g/mol. The SMILES string of the molecule is CP(=O)(CCl)CN1C(=O)c2ccccc2C1=O. The first-order valence-electron chi connectivity index (χ1n) is 5.03. The minimum Gasteiger partial charge on any atom is -0.321 e. The van der Waals surface area contributed by atoms with Crippen molar-refractivity contribution >= 4 is 30.6 Å². The van der Waals surface area contributed by atoms with Gasteiger partial charge in [-0.15, -0.1) is 11.6 Å². The molecule has 17 heavy (non-hydrogen) atoms. The number of hydrogen-bond donors (Lipinski definition) is 0. The summed E-state index contributed by atoms with van der Waals surface area (Å²) in [6.07, 6.45) is -0.0944. The third kappa shape index (κ3) is 2.15. The lowest BCUT2D eigenvalue weighted by molar-refractivity contribution is 0.0680. The number of benzene rings is 1. The number of halogens is 1. The van der Waals surface area contributed by atoms with E-state index in [1.54, 1.807) is 24.3 Å². The summed E-state index contributed by atoms with van der Waals surface area (Å²) in [5.41, 5.74) is 0.694. The Kier molecular flexibility index (Phi) is 3.11. The van der Waals surface area contributed by atoms with E-state index in [1.807, 2.05) is 0 Å². The monoisotopic (exact) mass is 271 g/mol. The lowest BCUT2D eigenvalue weighted by Crippen LogP contribution is -2.30. The summed E-state index contributed by atoms with van der Waals surface area (Å²) >= 11 is 5.57. The fraction of sp³-hybridized carbons (Fsp3) is 0.273. The quantitative estimate of drug-likeness (QED) is 0.482. The molecule has 0 saturated carbocycles. The molecule has 1 aliphatic rings. The maximum absolute atomic E-state index is 11.9. The van der Waals surface area contributed by atoms with Crippen LogP contribution in [0.1, 0.15) is 20.7 Å². The summed E-state index contributed by atoms with van der Waals surface area (Å²) in [5.74, 6) is -0.782. The topological polar surface area (TPSA) is 54.5 Å². The zero-order chi connectivity index (χ0) is 12.6. The third-order valence-electron chi connectivity index (χ3n) is 2.57. The van der Waals surface area contributed by atoms with Crippen LogP contribution in [0.25, 0.3) is 0 Å². The van der Waals surface area contributed by atoms with Crippen molar-refractivity contribution < 1.29 is 14.2 Å². The van der Waals surface area contributed by atoms with Gasteiger partial charge in [-0.25, -0.2) is 0 Å². The molecule has 1 aromatic carbocycles. The molecule has 90 valence electrons. The average Bonchev–Trinajstić information content (AvgIpc) is 2.55. The van der Waals surface area contributed by atoms with Crippen molar-refractivity contribution in [2.75, 3.05) is 18.6 Å². The number of fused-ring (bicyclic) bond motifs is 1. The smallest absolute Gasteiger partial charge is 0.261 e. The van der Waals surface area contributed by atoms with Crippen LogP contribution in [-0.2, 0) is 4.57 Å². The molecule has 2 amide bonds. The summed E-state index contributed by atoms with van der Waals surface area (Å²) in [7, 11) is -2.68. The van der Waals surface area contributed by atoms with E-state index in [1.165, 1.54) is 6.66 Å². The van der Waals surface area contributed by atoms with E-state index >= 15 is 0 Å². The van der Waals surface area contributed by atoms with Crippen LogP contribution < -0.4 is 0 Å². The summed E-state index contributed by atoms with van der Waals surface area (Å²) in [6, 6.07) is 6.58. The molecule has 0 aliphatic carbocycles. The van der Waals surface area contributed by atoms with Crippen LogP contribution >= 0.6 is 18.7 Å². The van der Waals surface area contributed by atoms with Crippen LogP contribution in [0.2, 0.25) is 0 Å². The molecule has 1 atom stereocenters. The summed E-state index contributed by atoms with van der Waals surface area (Å²) in [6.45, 7) is 1.49. The highest BCUT2D eigenvalue weighted by atomic mass is 35.5. The van der Waals surface area contributed by atoms with Gasteiger partial charge in [0, 0.05) is 0 Å². The van der Waals surface area contributed by atoms with E-state index in [0.717, 1.165) is 4.90 Å². The van der Waals surface area contributed by atoms with Crippen molar-refractivity contribution in [1.29, 1.82) is 0 Å².